The Balaban J connectivity index is 0.000000170. The van der Waals surface area contributed by atoms with Crippen LogP contribution in [-0.2, 0) is 51.9 Å². The van der Waals surface area contributed by atoms with Crippen molar-refractivity contribution in [2.75, 3.05) is 0 Å². The van der Waals surface area contributed by atoms with E-state index in [0.717, 1.165) is 51.9 Å². The Labute approximate surface area is 792 Å². The van der Waals surface area contributed by atoms with E-state index in [1.165, 1.54) is 230 Å². The van der Waals surface area contributed by atoms with Crippen LogP contribution in [0.3, 0.4) is 0 Å². The van der Waals surface area contributed by atoms with Crippen molar-refractivity contribution in [2.24, 2.45) is 0 Å². The van der Waals surface area contributed by atoms with Crippen LogP contribution in [0.1, 0.15) is 238 Å². The van der Waals surface area contributed by atoms with Crippen molar-refractivity contribution in [1.29, 1.82) is 0 Å². The van der Waals surface area contributed by atoms with E-state index in [0.29, 0.717) is 0 Å². The standard InChI is InChI=1S/C29H21N.3C25H19N.12C2H6/c1-2-30-26-17-19-10-4-3-9-18(19)15-25(26)28-23-14-8-7-13-22(23)24-16-20-11-5-6-12-21(20)27(24)29(28)30;1-2-26-23-10-6-5-9-19(23)21-14-12-17-15-22-18-8-4-3-7-16(18)11-13-20(22)24(17)25(21)26;1-2-26-23-10-6-5-9-20(23)21-12-11-18-14-19-13-16-7-3-4-8-17(16)15-22(19)24(18)25(21)26;1-2-26-22-10-6-5-9-20(22)21-14-13-18-15-17-12-11-16-7-3-4-8-19(16)23(17)24(18)25(21)26;12*1-2/h3-15,17H,2,16H2,1H3;3-14H,2,15H2,1H3;3-13,15H,2,14H2,1H3;3-14H,2,15H2,1H3;12*1-2H3. The fourth-order valence-corrected chi connectivity index (χ4v) is 20.4. The third-order valence-corrected chi connectivity index (χ3v) is 24.9. The van der Waals surface area contributed by atoms with E-state index in [2.05, 4.69) is 349 Å². The summed E-state index contributed by atoms with van der Waals surface area (Å²) in [5.41, 5.74) is 34.2. The fourth-order valence-electron chi connectivity index (χ4n) is 20.4. The molecule has 17 aromatic carbocycles. The molecule has 4 heterocycles. The third kappa shape index (κ3) is 18.2. The summed E-state index contributed by atoms with van der Waals surface area (Å²) in [6.07, 6.45) is 4.13. The summed E-state index contributed by atoms with van der Waals surface area (Å²) in [6.45, 7) is 61.0. The molecule has 682 valence electrons. The Kier molecular flexibility index (Phi) is 37.2. The molecule has 0 spiro atoms. The molecule has 0 fully saturated rings. The zero-order valence-electron chi connectivity index (χ0n) is 85.3. The Bertz CT molecular complexity index is 7330. The maximum Gasteiger partial charge on any atom is 0.0580 e. The highest BCUT2D eigenvalue weighted by atomic mass is 15.0. The summed E-state index contributed by atoms with van der Waals surface area (Å²) >= 11 is 0. The van der Waals surface area contributed by atoms with Crippen LogP contribution in [0.2, 0.25) is 0 Å². The molecule has 0 radical (unpaired) electrons. The van der Waals surface area contributed by atoms with Crippen molar-refractivity contribution in [3.8, 4) is 44.5 Å². The number of para-hydroxylation sites is 3. The first-order chi connectivity index (χ1) is 65.4. The van der Waals surface area contributed by atoms with Gasteiger partial charge < -0.3 is 18.3 Å². The average Bonchev–Trinajstić information content (AvgIpc) is 1.54. The van der Waals surface area contributed by atoms with Gasteiger partial charge in [-0.1, -0.05) is 433 Å². The molecule has 0 N–H and O–H groups in total. The lowest BCUT2D eigenvalue weighted by Gasteiger charge is -2.12. The van der Waals surface area contributed by atoms with Crippen LogP contribution in [0, 0.1) is 0 Å². The van der Waals surface area contributed by atoms with Crippen molar-refractivity contribution in [2.45, 2.75) is 246 Å². The number of fused-ring (bicyclic) bond motifs is 37. The molecular formula is C128H150N4. The van der Waals surface area contributed by atoms with Gasteiger partial charge in [0.15, 0.2) is 0 Å². The Morgan fingerprint density at radius 1 is 0.174 bits per heavy atom. The lowest BCUT2D eigenvalue weighted by molar-refractivity contribution is 0.827. The van der Waals surface area contributed by atoms with Gasteiger partial charge in [-0.15, -0.1) is 0 Å². The molecule has 0 aliphatic heterocycles. The largest absolute Gasteiger partial charge is 0.340 e. The van der Waals surface area contributed by atoms with Crippen LogP contribution in [0.25, 0.3) is 186 Å². The van der Waals surface area contributed by atoms with Gasteiger partial charge in [0.25, 0.3) is 0 Å². The van der Waals surface area contributed by atoms with Gasteiger partial charge in [0.1, 0.15) is 0 Å². The normalized spacial score (nSPS) is 11.0. The second-order valence-corrected chi connectivity index (χ2v) is 30.2. The second kappa shape index (κ2) is 48.4. The van der Waals surface area contributed by atoms with Gasteiger partial charge in [0.05, 0.1) is 22.1 Å². The average molecular weight is 1740 g/mol. The van der Waals surface area contributed by atoms with E-state index in [9.17, 15) is 0 Å². The highest BCUT2D eigenvalue weighted by Crippen LogP contribution is 2.53. The van der Waals surface area contributed by atoms with Gasteiger partial charge in [-0.25, -0.2) is 0 Å². The van der Waals surface area contributed by atoms with Crippen LogP contribution in [0.15, 0.2) is 303 Å². The summed E-state index contributed by atoms with van der Waals surface area (Å²) in [5, 5.41) is 24.5. The van der Waals surface area contributed by atoms with Crippen molar-refractivity contribution in [3.05, 3.63) is 348 Å². The summed E-state index contributed by atoms with van der Waals surface area (Å²) in [4.78, 5) is 0. The molecule has 4 aliphatic rings. The van der Waals surface area contributed by atoms with Crippen LogP contribution in [0.5, 0.6) is 0 Å². The van der Waals surface area contributed by atoms with Crippen molar-refractivity contribution < 1.29 is 0 Å². The monoisotopic (exact) mass is 1740 g/mol. The fraction of sp³-hybridized carbons (Fsp3) is 0.281. The molecule has 0 amide bonds. The zero-order chi connectivity index (χ0) is 95.6. The number of hydrogen-bond acceptors (Lipinski definition) is 0. The molecule has 0 unspecified atom stereocenters. The van der Waals surface area contributed by atoms with E-state index in [1.54, 1.807) is 0 Å². The van der Waals surface area contributed by atoms with E-state index in [4.69, 9.17) is 0 Å². The molecule has 4 nitrogen and oxygen atoms in total. The van der Waals surface area contributed by atoms with Crippen LogP contribution in [-0.4, -0.2) is 18.3 Å². The van der Waals surface area contributed by atoms with E-state index >= 15 is 0 Å². The van der Waals surface area contributed by atoms with Gasteiger partial charge >= 0.3 is 0 Å². The van der Waals surface area contributed by atoms with Crippen LogP contribution in [0.4, 0.5) is 0 Å². The van der Waals surface area contributed by atoms with E-state index < -0.39 is 0 Å². The van der Waals surface area contributed by atoms with Gasteiger partial charge in [-0.3, -0.25) is 0 Å². The lowest BCUT2D eigenvalue weighted by atomic mass is 9.94. The van der Waals surface area contributed by atoms with Gasteiger partial charge in [0.2, 0.25) is 0 Å². The summed E-state index contributed by atoms with van der Waals surface area (Å²) in [5.74, 6) is 0. The predicted molar refractivity (Wildman–Crippen MR) is 597 cm³/mol. The number of aryl methyl sites for hydroxylation is 4. The molecule has 132 heavy (non-hydrogen) atoms. The number of nitrogens with zero attached hydrogens (tertiary/aromatic N) is 4. The van der Waals surface area contributed by atoms with Gasteiger partial charge in [-0.2, -0.15) is 0 Å². The van der Waals surface area contributed by atoms with Gasteiger partial charge in [-0.05, 0) is 210 Å². The maximum atomic E-state index is 2.55. The van der Waals surface area contributed by atoms with Crippen molar-refractivity contribution >= 4 is 141 Å². The smallest absolute Gasteiger partial charge is 0.0580 e. The minimum Gasteiger partial charge on any atom is -0.340 e. The topological polar surface area (TPSA) is 19.7 Å². The van der Waals surface area contributed by atoms with Gasteiger partial charge in [0, 0.05) is 114 Å². The SMILES string of the molecule is CC.CC.CC.CC.CC.CC.CC.CC.CC.CC.CC.CC.CCn1c2cc3ccccc3cc2c2c3ccccc3c3c(c21)-c1ccccc1C3.CCn1c2ccccc2c2ccc3c(c21)-c1c(ccc2ccccc12)C3.CCn1c2ccccc2c2ccc3c(c21)-c1cc2ccccc2cc1C3.CCn1c2ccccc2c2ccc3c(c21)-c1ccc2ccccc2c1C3. The maximum absolute atomic E-state index is 2.55. The highest BCUT2D eigenvalue weighted by Gasteiger charge is 2.32. The summed E-state index contributed by atoms with van der Waals surface area (Å²) < 4.78 is 10.0. The Morgan fingerprint density at radius 2 is 0.508 bits per heavy atom. The molecular weight excluding hydrogens is 1590 g/mol. The Morgan fingerprint density at radius 3 is 1.01 bits per heavy atom. The first kappa shape index (κ1) is 101. The van der Waals surface area contributed by atoms with Crippen LogP contribution < -0.4 is 0 Å². The first-order valence-electron chi connectivity index (χ1n) is 51.0. The molecule has 0 saturated heterocycles. The van der Waals surface area contributed by atoms with Crippen molar-refractivity contribution in [3.63, 3.8) is 0 Å². The lowest BCUT2D eigenvalue weighted by Crippen LogP contribution is -1.96. The quantitative estimate of drug-likeness (QED) is 0.167. The van der Waals surface area contributed by atoms with Crippen molar-refractivity contribution in [1.82, 2.24) is 18.3 Å². The molecule has 4 aliphatic carbocycles. The van der Waals surface area contributed by atoms with E-state index in [1.807, 2.05) is 166 Å². The summed E-state index contributed by atoms with van der Waals surface area (Å²) in [6, 6.07) is 112. The molecule has 25 rings (SSSR count). The number of benzene rings is 17. The molecule has 4 aromatic heterocycles. The zero-order valence-corrected chi connectivity index (χ0v) is 85.3. The second-order valence-electron chi connectivity index (χ2n) is 30.2. The van der Waals surface area contributed by atoms with E-state index in [-0.39, 0.29) is 0 Å². The molecule has 21 aromatic rings. The third-order valence-electron chi connectivity index (χ3n) is 24.9. The molecule has 0 bridgehead atoms. The Hall–Kier alpha value is -12.8. The molecule has 0 saturated carbocycles. The van der Waals surface area contributed by atoms with Crippen LogP contribution >= 0.6 is 0 Å². The highest BCUT2D eigenvalue weighted by molar-refractivity contribution is 6.28. The first-order valence-corrected chi connectivity index (χ1v) is 51.0. The molecule has 0 atom stereocenters. The predicted octanol–water partition coefficient (Wildman–Crippen LogP) is 39.6. The number of aromatic nitrogens is 4. The summed E-state index contributed by atoms with van der Waals surface area (Å²) in [7, 11) is 0. The minimum atomic E-state index is 0.964. The molecule has 4 heteroatoms. The number of hydrogen-bond donors (Lipinski definition) is 0. The minimum absolute atomic E-state index is 0.964. The number of rotatable bonds is 4.